The molecule has 1 aliphatic heterocycles. The lowest BCUT2D eigenvalue weighted by molar-refractivity contribution is 0.404. The highest BCUT2D eigenvalue weighted by molar-refractivity contribution is 5.83. The fourth-order valence-electron chi connectivity index (χ4n) is 3.48. The number of hydrogen-bond acceptors (Lipinski definition) is 5. The van der Waals surface area contributed by atoms with Crippen LogP contribution in [0.1, 0.15) is 11.7 Å². The van der Waals surface area contributed by atoms with Crippen LogP contribution in [0.25, 0.3) is 11.0 Å². The lowest BCUT2D eigenvalue weighted by Crippen LogP contribution is -2.21. The van der Waals surface area contributed by atoms with Crippen LogP contribution in [0.5, 0.6) is 5.75 Å². The Kier molecular flexibility index (Phi) is 4.17. The van der Waals surface area contributed by atoms with E-state index in [1.165, 1.54) is 6.07 Å². The van der Waals surface area contributed by atoms with Gasteiger partial charge in [0.1, 0.15) is 17.7 Å². The summed E-state index contributed by atoms with van der Waals surface area (Å²) in [6.07, 6.45) is -0.266. The zero-order valence-electron chi connectivity index (χ0n) is 15.6. The Morgan fingerprint density at radius 2 is 1.66 bits per heavy atom. The third kappa shape index (κ3) is 3.08. The van der Waals surface area contributed by atoms with Crippen molar-refractivity contribution in [1.29, 1.82) is 0 Å². The van der Waals surface area contributed by atoms with Crippen molar-refractivity contribution in [1.82, 2.24) is 0 Å². The number of halogens is 1. The first kappa shape index (κ1) is 17.3. The summed E-state index contributed by atoms with van der Waals surface area (Å²) in [6.45, 7) is 0. The zero-order chi connectivity index (χ0) is 19.8. The molecule has 0 spiro atoms. The lowest BCUT2D eigenvalue weighted by atomic mass is 10.1. The van der Waals surface area contributed by atoms with Gasteiger partial charge in [-0.3, -0.25) is 0 Å². The smallest absolute Gasteiger partial charge is 0.227 e. The second-order valence-corrected chi connectivity index (χ2v) is 6.72. The number of ether oxygens (including phenoxy) is 1. The first-order chi connectivity index (χ1) is 14.2. The van der Waals surface area contributed by atoms with Crippen LogP contribution in [0.2, 0.25) is 0 Å². The van der Waals surface area contributed by atoms with Gasteiger partial charge in [-0.2, -0.15) is 0 Å². The van der Waals surface area contributed by atoms with E-state index in [-0.39, 0.29) is 11.9 Å². The molecule has 0 bridgehead atoms. The van der Waals surface area contributed by atoms with Gasteiger partial charge in [-0.15, -0.1) is 0 Å². The van der Waals surface area contributed by atoms with E-state index >= 15 is 0 Å². The highest BCUT2D eigenvalue weighted by atomic mass is 19.1. The summed E-state index contributed by atoms with van der Waals surface area (Å²) in [6, 6.07) is 21.9. The van der Waals surface area contributed by atoms with Gasteiger partial charge in [0.2, 0.25) is 5.55 Å². The second-order valence-electron chi connectivity index (χ2n) is 6.72. The van der Waals surface area contributed by atoms with Crippen LogP contribution in [0.15, 0.2) is 82.2 Å². The molecule has 0 radical (unpaired) electrons. The molecule has 0 saturated carbocycles. The Morgan fingerprint density at radius 1 is 0.931 bits per heavy atom. The Balaban J connectivity index is 1.73. The van der Waals surface area contributed by atoms with Crippen LogP contribution in [-0.2, 0) is 0 Å². The minimum Gasteiger partial charge on any atom is -0.493 e. The number of anilines is 2. The molecule has 5 rings (SSSR count). The van der Waals surface area contributed by atoms with Gasteiger partial charge in [0.15, 0.2) is 11.3 Å². The van der Waals surface area contributed by atoms with Gasteiger partial charge in [0.05, 0.1) is 24.0 Å². The monoisotopic (exact) mass is 387 g/mol. The summed E-state index contributed by atoms with van der Waals surface area (Å²) in [7, 11) is 1.59. The number of nitrogens with one attached hydrogen (secondary N) is 2. The Morgan fingerprint density at radius 3 is 2.38 bits per heavy atom. The minimum atomic E-state index is -0.413. The Bertz CT molecular complexity index is 1260. The van der Waals surface area contributed by atoms with Crippen LogP contribution < -0.4 is 20.9 Å². The van der Waals surface area contributed by atoms with Crippen molar-refractivity contribution in [2.45, 2.75) is 6.17 Å². The van der Waals surface area contributed by atoms with Crippen LogP contribution in [-0.4, -0.2) is 7.11 Å². The van der Waals surface area contributed by atoms with E-state index in [1.54, 1.807) is 25.3 Å². The standard InChI is InChI=1S/C23H18FN3O2/c1-28-20-12-6-7-14-13-15(22-25-18-10-4-5-11-19(18)26-22)23(29-21(14)20)27-17-9-3-2-8-16(17)24/h2-13,22,25-26H,1H3. The van der Waals surface area contributed by atoms with Gasteiger partial charge in [-0.1, -0.05) is 36.4 Å². The normalized spacial score (nSPS) is 13.8. The molecule has 3 aromatic carbocycles. The highest BCUT2D eigenvalue weighted by Crippen LogP contribution is 2.35. The summed E-state index contributed by atoms with van der Waals surface area (Å²) >= 11 is 0. The number of rotatable bonds is 3. The van der Waals surface area contributed by atoms with Gasteiger partial charge >= 0.3 is 0 Å². The molecular formula is C23H18FN3O2. The summed E-state index contributed by atoms with van der Waals surface area (Å²) in [5, 5.41) is 7.72. The van der Waals surface area contributed by atoms with Crippen molar-refractivity contribution < 1.29 is 13.5 Å². The highest BCUT2D eigenvalue weighted by Gasteiger charge is 2.24. The van der Waals surface area contributed by atoms with Crippen molar-refractivity contribution in [3.63, 3.8) is 0 Å². The fourth-order valence-corrected chi connectivity index (χ4v) is 3.48. The van der Waals surface area contributed by atoms with Crippen LogP contribution in [0.4, 0.5) is 21.5 Å². The molecule has 144 valence electrons. The van der Waals surface area contributed by atoms with Crippen molar-refractivity contribution in [2.75, 3.05) is 17.7 Å². The lowest BCUT2D eigenvalue weighted by Gasteiger charge is -2.14. The second kappa shape index (κ2) is 6.98. The number of benzene rings is 3. The van der Waals surface area contributed by atoms with Crippen molar-refractivity contribution in [3.05, 3.63) is 89.7 Å². The largest absolute Gasteiger partial charge is 0.493 e. The van der Waals surface area contributed by atoms with Gasteiger partial charge in [-0.25, -0.2) is 9.38 Å². The SMILES string of the molecule is COc1cccc2cc(C3Nc4ccccc4N3)c(=Nc3ccccc3F)oc12. The van der Waals surface area contributed by atoms with Crippen molar-refractivity contribution >= 4 is 28.0 Å². The van der Waals surface area contributed by atoms with E-state index in [2.05, 4.69) is 15.6 Å². The molecule has 2 N–H and O–H groups in total. The molecule has 4 aromatic rings. The number of methoxy groups -OCH3 is 1. The first-order valence-electron chi connectivity index (χ1n) is 9.25. The molecule has 2 heterocycles. The average molecular weight is 387 g/mol. The molecule has 0 unspecified atom stereocenters. The molecule has 0 saturated heterocycles. The van der Waals surface area contributed by atoms with E-state index in [0.29, 0.717) is 16.9 Å². The zero-order valence-corrected chi connectivity index (χ0v) is 15.6. The van der Waals surface area contributed by atoms with Gasteiger partial charge in [-0.05, 0) is 36.4 Å². The van der Waals surface area contributed by atoms with Crippen LogP contribution in [0.3, 0.4) is 0 Å². The predicted octanol–water partition coefficient (Wildman–Crippen LogP) is 5.35. The van der Waals surface area contributed by atoms with Crippen LogP contribution >= 0.6 is 0 Å². The third-order valence-corrected chi connectivity index (χ3v) is 4.90. The summed E-state index contributed by atoms with van der Waals surface area (Å²) in [4.78, 5) is 4.50. The Labute approximate surface area is 166 Å². The maximum absolute atomic E-state index is 14.3. The quantitative estimate of drug-likeness (QED) is 0.498. The maximum atomic E-state index is 14.3. The van der Waals surface area contributed by atoms with Gasteiger partial charge in [0.25, 0.3) is 0 Å². The molecular weight excluding hydrogens is 369 g/mol. The molecule has 0 atom stereocenters. The molecule has 6 heteroatoms. The van der Waals surface area contributed by atoms with Gasteiger partial charge in [0, 0.05) is 5.39 Å². The molecule has 1 aliphatic rings. The molecule has 0 fully saturated rings. The maximum Gasteiger partial charge on any atom is 0.227 e. The molecule has 1 aromatic heterocycles. The van der Waals surface area contributed by atoms with Crippen molar-refractivity contribution in [3.8, 4) is 5.75 Å². The first-order valence-corrected chi connectivity index (χ1v) is 9.25. The third-order valence-electron chi connectivity index (χ3n) is 4.90. The molecule has 0 aliphatic carbocycles. The minimum absolute atomic E-state index is 0.210. The van der Waals surface area contributed by atoms with E-state index in [4.69, 9.17) is 9.15 Å². The predicted molar refractivity (Wildman–Crippen MR) is 111 cm³/mol. The topological polar surface area (TPSA) is 58.8 Å². The molecule has 0 amide bonds. The van der Waals surface area contributed by atoms with E-state index in [1.807, 2.05) is 48.5 Å². The van der Waals surface area contributed by atoms with E-state index < -0.39 is 5.82 Å². The molecule has 29 heavy (non-hydrogen) atoms. The van der Waals surface area contributed by atoms with Crippen molar-refractivity contribution in [2.24, 2.45) is 4.99 Å². The van der Waals surface area contributed by atoms with Crippen LogP contribution in [0, 0.1) is 5.82 Å². The number of para-hydroxylation sites is 4. The average Bonchev–Trinajstić information content (AvgIpc) is 3.18. The number of fused-ring (bicyclic) bond motifs is 2. The van der Waals surface area contributed by atoms with Gasteiger partial charge < -0.3 is 19.8 Å². The fraction of sp³-hybridized carbons (Fsp3) is 0.0870. The Hall–Kier alpha value is -3.80. The summed E-state index contributed by atoms with van der Waals surface area (Å²) in [5.74, 6) is 0.180. The van der Waals surface area contributed by atoms with E-state index in [9.17, 15) is 4.39 Å². The van der Waals surface area contributed by atoms with E-state index in [0.717, 1.165) is 22.3 Å². The summed E-state index contributed by atoms with van der Waals surface area (Å²) in [5.41, 5.74) is 3.82. The number of nitrogens with zero attached hydrogens (tertiary/aromatic N) is 1. The number of hydrogen-bond donors (Lipinski definition) is 2. The molecule has 5 nitrogen and oxygen atoms in total. The summed E-state index contributed by atoms with van der Waals surface area (Å²) < 4.78 is 25.8.